The van der Waals surface area contributed by atoms with Crippen LogP contribution in [0.4, 0.5) is 0 Å². The summed E-state index contributed by atoms with van der Waals surface area (Å²) in [5.74, 6) is -7.39. The van der Waals surface area contributed by atoms with Crippen molar-refractivity contribution in [2.45, 2.75) is 64.6 Å². The van der Waals surface area contributed by atoms with Gasteiger partial charge in [0, 0.05) is 30.3 Å². The highest BCUT2D eigenvalue weighted by Crippen LogP contribution is 2.55. The lowest BCUT2D eigenvalue weighted by atomic mass is 9.55. The van der Waals surface area contributed by atoms with Crippen LogP contribution >= 0.6 is 0 Å². The predicted octanol–water partition coefficient (Wildman–Crippen LogP) is 2.87. The Labute approximate surface area is 197 Å². The number of aromatic hydroxyl groups is 1. The maximum atomic E-state index is 13.7. The second kappa shape index (κ2) is 7.78. The van der Waals surface area contributed by atoms with Crippen LogP contribution in [0.3, 0.4) is 0 Å². The number of aliphatic hydroxyl groups excluding tert-OH is 3. The fourth-order valence-electron chi connectivity index (χ4n) is 5.60. The lowest BCUT2D eigenvalue weighted by Gasteiger charge is -2.50. The molecule has 0 aliphatic heterocycles. The van der Waals surface area contributed by atoms with Gasteiger partial charge in [0.15, 0.2) is 17.2 Å². The minimum atomic E-state index is -2.75. The second-order valence-corrected chi connectivity index (χ2v) is 10.8. The van der Waals surface area contributed by atoms with Crippen LogP contribution in [0.5, 0.6) is 5.75 Å². The molecular formula is C26H30O8. The van der Waals surface area contributed by atoms with Gasteiger partial charge in [0.25, 0.3) is 0 Å². The first-order valence-corrected chi connectivity index (χ1v) is 11.4. The van der Waals surface area contributed by atoms with Crippen molar-refractivity contribution in [2.24, 2.45) is 17.3 Å². The minimum absolute atomic E-state index is 0.0145. The molecule has 8 nitrogen and oxygen atoms in total. The van der Waals surface area contributed by atoms with E-state index >= 15 is 0 Å². The number of rotatable bonds is 3. The number of carbonyl (C=O) groups is 3. The van der Waals surface area contributed by atoms with Crippen LogP contribution in [0, 0.1) is 17.3 Å². The van der Waals surface area contributed by atoms with E-state index in [0.29, 0.717) is 12.0 Å². The first-order chi connectivity index (χ1) is 15.7. The Morgan fingerprint density at radius 3 is 2.41 bits per heavy atom. The number of aliphatic hydroxyl groups is 4. The molecule has 0 unspecified atom stereocenters. The standard InChI is InChI=1S/C26H30O8/c1-11-12-6-5-7-14(27)18(12)22(31)20-17(11)21(30)13-10-16(29)19(15(28)8-9-25(2,3)4)23(32)26(13,34)24(20)33/h5-7,11,13,17,21,27,30-32,34H,8-10H2,1-4H3/t11-,13+,17+,21+,26+/m0/s1. The third-order valence-electron chi connectivity index (χ3n) is 7.50. The van der Waals surface area contributed by atoms with Crippen molar-refractivity contribution in [1.82, 2.24) is 0 Å². The lowest BCUT2D eigenvalue weighted by Crippen LogP contribution is -2.63. The molecule has 5 N–H and O–H groups in total. The molecule has 1 fully saturated rings. The topological polar surface area (TPSA) is 152 Å². The highest BCUT2D eigenvalue weighted by molar-refractivity contribution is 6.24. The number of carbonyl (C=O) groups excluding carboxylic acids is 3. The molecule has 0 spiro atoms. The Morgan fingerprint density at radius 1 is 1.15 bits per heavy atom. The van der Waals surface area contributed by atoms with Gasteiger partial charge in [-0.1, -0.05) is 39.8 Å². The van der Waals surface area contributed by atoms with Gasteiger partial charge >= 0.3 is 0 Å². The van der Waals surface area contributed by atoms with Crippen molar-refractivity contribution in [1.29, 1.82) is 0 Å². The number of hydrogen-bond donors (Lipinski definition) is 5. The summed E-state index contributed by atoms with van der Waals surface area (Å²) in [6.45, 7) is 7.44. The summed E-state index contributed by atoms with van der Waals surface area (Å²) in [6, 6.07) is 4.57. The van der Waals surface area contributed by atoms with Gasteiger partial charge in [-0.3, -0.25) is 14.4 Å². The molecule has 1 saturated carbocycles. The summed E-state index contributed by atoms with van der Waals surface area (Å²) in [5, 5.41) is 55.0. The van der Waals surface area contributed by atoms with Crippen LogP contribution in [0.2, 0.25) is 0 Å². The average molecular weight is 471 g/mol. The number of phenols is 1. The van der Waals surface area contributed by atoms with Crippen molar-refractivity contribution >= 4 is 23.1 Å². The first kappa shape index (κ1) is 24.2. The van der Waals surface area contributed by atoms with Gasteiger partial charge in [-0.05, 0) is 29.4 Å². The number of phenolic OH excluding ortho intramolecular Hbond substituents is 1. The van der Waals surface area contributed by atoms with E-state index in [-0.39, 0.29) is 28.7 Å². The molecule has 0 bridgehead atoms. The van der Waals surface area contributed by atoms with Crippen molar-refractivity contribution in [2.75, 3.05) is 0 Å². The third kappa shape index (κ3) is 3.31. The summed E-state index contributed by atoms with van der Waals surface area (Å²) >= 11 is 0. The fourth-order valence-corrected chi connectivity index (χ4v) is 5.60. The molecule has 3 aliphatic rings. The molecule has 0 heterocycles. The van der Waals surface area contributed by atoms with Gasteiger partial charge < -0.3 is 25.5 Å². The minimum Gasteiger partial charge on any atom is -0.508 e. The molecule has 34 heavy (non-hydrogen) atoms. The summed E-state index contributed by atoms with van der Waals surface area (Å²) in [5.41, 5.74) is -3.42. The number of benzene rings is 1. The van der Waals surface area contributed by atoms with E-state index in [4.69, 9.17) is 0 Å². The SMILES string of the molecule is C[C@H]1c2cccc(O)c2C(O)=C2C(=O)[C@]3(O)C(O)=C(C(=O)CCC(C)(C)C)C(=O)C[C@@H]3[C@@H](O)[C@@H]21. The number of Topliss-reactive ketones (excluding diaryl/α,β-unsaturated/α-hetero) is 3. The highest BCUT2D eigenvalue weighted by Gasteiger charge is 2.64. The van der Waals surface area contributed by atoms with Crippen LogP contribution < -0.4 is 0 Å². The Morgan fingerprint density at radius 2 is 1.79 bits per heavy atom. The Hall–Kier alpha value is -2.97. The zero-order valence-corrected chi connectivity index (χ0v) is 19.6. The normalized spacial score (nSPS) is 31.2. The number of fused-ring (bicyclic) bond motifs is 3. The van der Waals surface area contributed by atoms with E-state index in [1.165, 1.54) is 6.07 Å². The number of allylic oxidation sites excluding steroid dienone is 1. The molecule has 1 aromatic carbocycles. The Kier molecular flexibility index (Phi) is 5.53. The molecule has 5 atom stereocenters. The molecule has 182 valence electrons. The van der Waals surface area contributed by atoms with Crippen LogP contribution in [-0.4, -0.2) is 54.6 Å². The molecule has 8 heteroatoms. The molecule has 0 amide bonds. The van der Waals surface area contributed by atoms with E-state index in [9.17, 15) is 39.9 Å². The Bertz CT molecular complexity index is 1170. The quantitative estimate of drug-likeness (QED) is 0.423. The average Bonchev–Trinajstić information content (AvgIpc) is 2.74. The van der Waals surface area contributed by atoms with Crippen LogP contribution in [0.25, 0.3) is 5.76 Å². The fraction of sp³-hybridized carbons (Fsp3) is 0.500. The monoisotopic (exact) mass is 470 g/mol. The van der Waals surface area contributed by atoms with E-state index in [1.807, 2.05) is 20.8 Å². The molecule has 3 aliphatic carbocycles. The smallest absolute Gasteiger partial charge is 0.202 e. The van der Waals surface area contributed by atoms with Gasteiger partial charge in [-0.2, -0.15) is 0 Å². The zero-order valence-electron chi connectivity index (χ0n) is 19.6. The van der Waals surface area contributed by atoms with Crippen LogP contribution in [0.15, 0.2) is 35.1 Å². The summed E-state index contributed by atoms with van der Waals surface area (Å²) < 4.78 is 0. The van der Waals surface area contributed by atoms with E-state index < -0.39 is 70.3 Å². The van der Waals surface area contributed by atoms with Gasteiger partial charge in [-0.15, -0.1) is 0 Å². The molecule has 1 aromatic rings. The van der Waals surface area contributed by atoms with Gasteiger partial charge in [0.05, 0.1) is 11.7 Å². The Balaban J connectivity index is 1.87. The number of ketones is 3. The second-order valence-electron chi connectivity index (χ2n) is 10.8. The van der Waals surface area contributed by atoms with Crippen molar-refractivity contribution in [3.63, 3.8) is 0 Å². The lowest BCUT2D eigenvalue weighted by molar-refractivity contribution is -0.160. The van der Waals surface area contributed by atoms with Crippen molar-refractivity contribution < 1.29 is 39.9 Å². The highest BCUT2D eigenvalue weighted by atomic mass is 16.4. The number of hydrogen-bond acceptors (Lipinski definition) is 8. The molecule has 4 rings (SSSR count). The summed E-state index contributed by atoms with van der Waals surface area (Å²) in [4.78, 5) is 39.4. The van der Waals surface area contributed by atoms with Crippen molar-refractivity contribution in [3.8, 4) is 5.75 Å². The summed E-state index contributed by atoms with van der Waals surface area (Å²) in [7, 11) is 0. The molecule has 0 radical (unpaired) electrons. The van der Waals surface area contributed by atoms with Gasteiger partial charge in [0.1, 0.15) is 22.8 Å². The maximum absolute atomic E-state index is 13.7. The maximum Gasteiger partial charge on any atom is 0.202 e. The van der Waals surface area contributed by atoms with Crippen LogP contribution in [0.1, 0.15) is 64.0 Å². The van der Waals surface area contributed by atoms with Gasteiger partial charge in [0.2, 0.25) is 5.78 Å². The van der Waals surface area contributed by atoms with E-state index in [0.717, 1.165) is 0 Å². The van der Waals surface area contributed by atoms with E-state index in [1.54, 1.807) is 19.1 Å². The molecular weight excluding hydrogens is 440 g/mol. The first-order valence-electron chi connectivity index (χ1n) is 11.4. The van der Waals surface area contributed by atoms with E-state index in [2.05, 4.69) is 0 Å². The summed E-state index contributed by atoms with van der Waals surface area (Å²) in [6.07, 6.45) is -1.65. The molecule has 0 aromatic heterocycles. The predicted molar refractivity (Wildman–Crippen MR) is 122 cm³/mol. The van der Waals surface area contributed by atoms with Gasteiger partial charge in [-0.25, -0.2) is 0 Å². The largest absolute Gasteiger partial charge is 0.508 e. The molecule has 0 saturated heterocycles. The third-order valence-corrected chi connectivity index (χ3v) is 7.50. The van der Waals surface area contributed by atoms with Crippen molar-refractivity contribution in [3.05, 3.63) is 46.2 Å². The van der Waals surface area contributed by atoms with Crippen LogP contribution in [-0.2, 0) is 14.4 Å². The zero-order chi connectivity index (χ0) is 25.3.